The first-order valence-corrected chi connectivity index (χ1v) is 6.67. The van der Waals surface area contributed by atoms with Crippen molar-refractivity contribution in [2.75, 3.05) is 33.2 Å². The van der Waals surface area contributed by atoms with Crippen molar-refractivity contribution in [1.82, 2.24) is 15.1 Å². The minimum atomic E-state index is 0.280. The second-order valence-electron chi connectivity index (χ2n) is 6.34. The van der Waals surface area contributed by atoms with Crippen LogP contribution in [0.5, 0.6) is 0 Å². The van der Waals surface area contributed by atoms with E-state index in [1.54, 1.807) is 0 Å². The molecule has 0 aliphatic carbocycles. The van der Waals surface area contributed by atoms with Crippen molar-refractivity contribution in [3.63, 3.8) is 0 Å². The van der Waals surface area contributed by atoms with Crippen LogP contribution in [0.25, 0.3) is 0 Å². The highest BCUT2D eigenvalue weighted by atomic mass is 15.3. The molecule has 0 saturated carbocycles. The van der Waals surface area contributed by atoms with Crippen LogP contribution in [0.4, 0.5) is 0 Å². The van der Waals surface area contributed by atoms with Crippen LogP contribution in [0, 0.1) is 0 Å². The Morgan fingerprint density at radius 1 is 1.31 bits per heavy atom. The lowest BCUT2D eigenvalue weighted by atomic mass is 9.94. The number of nitrogens with zero attached hydrogens (tertiary/aromatic N) is 2. The van der Waals surface area contributed by atoms with Gasteiger partial charge in [-0.25, -0.2) is 0 Å². The molecule has 2 heterocycles. The maximum atomic E-state index is 3.63. The van der Waals surface area contributed by atoms with E-state index >= 15 is 0 Å². The predicted molar refractivity (Wildman–Crippen MR) is 68.8 cm³/mol. The summed E-state index contributed by atoms with van der Waals surface area (Å²) in [6.45, 7) is 11.8. The molecule has 2 rings (SSSR count). The number of hydrogen-bond acceptors (Lipinski definition) is 3. The SMILES string of the molecule is CC1CNC(C)(C)CN1C1CCCN(C)C1. The molecule has 2 aliphatic heterocycles. The van der Waals surface area contributed by atoms with Crippen molar-refractivity contribution in [1.29, 1.82) is 0 Å². The summed E-state index contributed by atoms with van der Waals surface area (Å²) in [7, 11) is 2.25. The molecular formula is C13H27N3. The van der Waals surface area contributed by atoms with Gasteiger partial charge in [0.1, 0.15) is 0 Å². The number of rotatable bonds is 1. The molecule has 0 aromatic rings. The van der Waals surface area contributed by atoms with Crippen LogP contribution >= 0.6 is 0 Å². The molecule has 0 spiro atoms. The lowest BCUT2D eigenvalue weighted by Crippen LogP contribution is -2.64. The Kier molecular flexibility index (Phi) is 3.57. The molecule has 0 aromatic carbocycles. The third kappa shape index (κ3) is 2.76. The maximum Gasteiger partial charge on any atom is 0.0253 e. The van der Waals surface area contributed by atoms with Gasteiger partial charge in [0.15, 0.2) is 0 Å². The first-order valence-electron chi connectivity index (χ1n) is 6.67. The summed E-state index contributed by atoms with van der Waals surface area (Å²) in [5.74, 6) is 0. The number of piperazine rings is 1. The maximum absolute atomic E-state index is 3.63. The van der Waals surface area contributed by atoms with E-state index in [2.05, 4.69) is 42.9 Å². The molecule has 2 atom stereocenters. The van der Waals surface area contributed by atoms with E-state index in [0.29, 0.717) is 6.04 Å². The fourth-order valence-electron chi connectivity index (χ4n) is 3.11. The summed E-state index contributed by atoms with van der Waals surface area (Å²) in [4.78, 5) is 5.21. The minimum absolute atomic E-state index is 0.280. The standard InChI is InChI=1S/C13H27N3/c1-11-8-14-13(2,3)10-16(11)12-6-5-7-15(4)9-12/h11-12,14H,5-10H2,1-4H3. The molecule has 3 heteroatoms. The second-order valence-corrected chi connectivity index (χ2v) is 6.34. The zero-order valence-electron chi connectivity index (χ0n) is 11.3. The number of hydrogen-bond donors (Lipinski definition) is 1. The molecule has 0 amide bonds. The summed E-state index contributed by atoms with van der Waals surface area (Å²) in [6.07, 6.45) is 2.74. The lowest BCUT2D eigenvalue weighted by Gasteiger charge is -2.49. The Bertz CT molecular complexity index is 239. The quantitative estimate of drug-likeness (QED) is 0.722. The normalized spacial score (nSPS) is 37.5. The highest BCUT2D eigenvalue weighted by molar-refractivity contribution is 4.94. The Hall–Kier alpha value is -0.120. The van der Waals surface area contributed by atoms with E-state index in [4.69, 9.17) is 0 Å². The molecule has 2 aliphatic rings. The van der Waals surface area contributed by atoms with E-state index in [-0.39, 0.29) is 5.54 Å². The highest BCUT2D eigenvalue weighted by Crippen LogP contribution is 2.22. The lowest BCUT2D eigenvalue weighted by molar-refractivity contribution is 0.0294. The smallest absolute Gasteiger partial charge is 0.0253 e. The topological polar surface area (TPSA) is 18.5 Å². The van der Waals surface area contributed by atoms with Gasteiger partial charge in [0.2, 0.25) is 0 Å². The van der Waals surface area contributed by atoms with Gasteiger partial charge in [0.05, 0.1) is 0 Å². The van der Waals surface area contributed by atoms with Crippen LogP contribution in [-0.2, 0) is 0 Å². The Labute approximate surface area is 100 Å². The molecule has 2 unspecified atom stereocenters. The number of nitrogens with one attached hydrogen (secondary N) is 1. The molecule has 0 bridgehead atoms. The third-order valence-electron chi connectivity index (χ3n) is 4.09. The van der Waals surface area contributed by atoms with Gasteiger partial charge < -0.3 is 10.2 Å². The van der Waals surface area contributed by atoms with Gasteiger partial charge in [0, 0.05) is 37.3 Å². The average molecular weight is 225 g/mol. The van der Waals surface area contributed by atoms with Crippen LogP contribution in [-0.4, -0.2) is 60.6 Å². The van der Waals surface area contributed by atoms with Crippen LogP contribution in [0.2, 0.25) is 0 Å². The zero-order valence-corrected chi connectivity index (χ0v) is 11.3. The Balaban J connectivity index is 2.00. The molecule has 16 heavy (non-hydrogen) atoms. The van der Waals surface area contributed by atoms with Crippen molar-refractivity contribution in [2.24, 2.45) is 0 Å². The van der Waals surface area contributed by atoms with Gasteiger partial charge in [-0.2, -0.15) is 0 Å². The van der Waals surface area contributed by atoms with Gasteiger partial charge in [-0.1, -0.05) is 0 Å². The Morgan fingerprint density at radius 3 is 2.75 bits per heavy atom. The van der Waals surface area contributed by atoms with Gasteiger partial charge in [0.25, 0.3) is 0 Å². The van der Waals surface area contributed by atoms with Crippen molar-refractivity contribution >= 4 is 0 Å². The van der Waals surface area contributed by atoms with Crippen molar-refractivity contribution in [3.8, 4) is 0 Å². The first-order chi connectivity index (χ1) is 7.48. The van der Waals surface area contributed by atoms with Crippen molar-refractivity contribution < 1.29 is 0 Å². The second kappa shape index (κ2) is 4.63. The van der Waals surface area contributed by atoms with E-state index in [9.17, 15) is 0 Å². The fraction of sp³-hybridized carbons (Fsp3) is 1.00. The number of likely N-dealkylation sites (N-methyl/N-ethyl adjacent to an activating group) is 1. The fourth-order valence-corrected chi connectivity index (χ4v) is 3.11. The predicted octanol–water partition coefficient (Wildman–Crippen LogP) is 1.15. The van der Waals surface area contributed by atoms with Gasteiger partial charge >= 0.3 is 0 Å². The van der Waals surface area contributed by atoms with E-state index < -0.39 is 0 Å². The summed E-state index contributed by atoms with van der Waals surface area (Å²) in [5.41, 5.74) is 0.280. The summed E-state index contributed by atoms with van der Waals surface area (Å²) >= 11 is 0. The van der Waals surface area contributed by atoms with E-state index in [0.717, 1.165) is 12.6 Å². The highest BCUT2D eigenvalue weighted by Gasteiger charge is 2.35. The number of piperidine rings is 1. The minimum Gasteiger partial charge on any atom is -0.309 e. The molecular weight excluding hydrogens is 198 g/mol. The Morgan fingerprint density at radius 2 is 2.06 bits per heavy atom. The van der Waals surface area contributed by atoms with Crippen molar-refractivity contribution in [3.05, 3.63) is 0 Å². The monoisotopic (exact) mass is 225 g/mol. The molecule has 2 fully saturated rings. The first kappa shape index (κ1) is 12.3. The van der Waals surface area contributed by atoms with Crippen LogP contribution < -0.4 is 5.32 Å². The van der Waals surface area contributed by atoms with E-state index in [1.165, 1.54) is 32.5 Å². The average Bonchev–Trinajstić information content (AvgIpc) is 2.22. The van der Waals surface area contributed by atoms with Crippen LogP contribution in [0.15, 0.2) is 0 Å². The molecule has 2 saturated heterocycles. The number of likely N-dealkylation sites (tertiary alicyclic amines) is 1. The molecule has 1 N–H and O–H groups in total. The third-order valence-corrected chi connectivity index (χ3v) is 4.09. The largest absolute Gasteiger partial charge is 0.309 e. The summed E-state index contributed by atoms with van der Waals surface area (Å²) in [6, 6.07) is 1.46. The summed E-state index contributed by atoms with van der Waals surface area (Å²) < 4.78 is 0. The van der Waals surface area contributed by atoms with Crippen LogP contribution in [0.1, 0.15) is 33.6 Å². The van der Waals surface area contributed by atoms with Gasteiger partial charge in [-0.05, 0) is 47.2 Å². The molecule has 94 valence electrons. The van der Waals surface area contributed by atoms with Gasteiger partial charge in [-0.3, -0.25) is 4.90 Å². The molecule has 3 nitrogen and oxygen atoms in total. The van der Waals surface area contributed by atoms with Gasteiger partial charge in [-0.15, -0.1) is 0 Å². The van der Waals surface area contributed by atoms with E-state index in [1.807, 2.05) is 0 Å². The molecule has 0 aromatic heterocycles. The zero-order chi connectivity index (χ0) is 11.8. The van der Waals surface area contributed by atoms with Crippen LogP contribution in [0.3, 0.4) is 0 Å². The molecule has 0 radical (unpaired) electrons. The van der Waals surface area contributed by atoms with Crippen molar-refractivity contribution in [2.45, 2.75) is 51.2 Å². The summed E-state index contributed by atoms with van der Waals surface area (Å²) in [5, 5.41) is 3.63.